The van der Waals surface area contributed by atoms with Gasteiger partial charge in [-0.25, -0.2) is 8.96 Å². The summed E-state index contributed by atoms with van der Waals surface area (Å²) >= 11 is 5.98. The van der Waals surface area contributed by atoms with Gasteiger partial charge in [-0.15, -0.1) is 3.89 Å². The second-order valence-electron chi connectivity index (χ2n) is 4.48. The van der Waals surface area contributed by atoms with Crippen molar-refractivity contribution in [2.24, 2.45) is 0 Å². The Morgan fingerprint density at radius 3 is 2.41 bits per heavy atom. The van der Waals surface area contributed by atoms with E-state index in [9.17, 15) is 3.89 Å². The minimum atomic E-state index is 0.0633. The molecule has 0 spiro atoms. The first-order valence-electron chi connectivity index (χ1n) is 6.37. The van der Waals surface area contributed by atoms with Crippen LogP contribution in [0.3, 0.4) is 0 Å². The van der Waals surface area contributed by atoms with E-state index in [0.29, 0.717) is 22.3 Å². The normalized spacial score (nSPS) is 10.9. The van der Waals surface area contributed by atoms with Gasteiger partial charge in [-0.3, -0.25) is 0 Å². The second kappa shape index (κ2) is 6.06. The standard InChI is InChI=1S/C15H12ClFN2O2S/c1-20-11-4-3-5-12(21-2)14(11)10-8-19(22-17)15-9(10)6-7-13(16)18-15/h3-8H,1-2H3. The highest BCUT2D eigenvalue weighted by molar-refractivity contribution is 7.92. The molecule has 0 amide bonds. The van der Waals surface area contributed by atoms with Crippen LogP contribution in [-0.2, 0) is 0 Å². The van der Waals surface area contributed by atoms with E-state index in [1.54, 1.807) is 32.5 Å². The minimum Gasteiger partial charge on any atom is -0.496 e. The lowest BCUT2D eigenvalue weighted by Gasteiger charge is -2.12. The maximum Gasteiger partial charge on any atom is 0.171 e. The molecule has 4 nitrogen and oxygen atoms in total. The summed E-state index contributed by atoms with van der Waals surface area (Å²) in [7, 11) is 3.16. The average molecular weight is 339 g/mol. The summed E-state index contributed by atoms with van der Waals surface area (Å²) in [6.07, 6.45) is 1.65. The predicted molar refractivity (Wildman–Crippen MR) is 87.4 cm³/mol. The van der Waals surface area contributed by atoms with Gasteiger partial charge in [0.25, 0.3) is 0 Å². The Morgan fingerprint density at radius 1 is 1.14 bits per heavy atom. The molecule has 0 N–H and O–H groups in total. The van der Waals surface area contributed by atoms with Crippen molar-refractivity contribution in [3.63, 3.8) is 0 Å². The number of fused-ring (bicyclic) bond motifs is 1. The SMILES string of the molecule is COc1cccc(OC)c1-c1cn(SF)c2nc(Cl)ccc12. The fraction of sp³-hybridized carbons (Fsp3) is 0.133. The zero-order chi connectivity index (χ0) is 15.7. The monoisotopic (exact) mass is 338 g/mol. The van der Waals surface area contributed by atoms with E-state index in [1.807, 2.05) is 18.2 Å². The van der Waals surface area contributed by atoms with Crippen LogP contribution in [0.1, 0.15) is 0 Å². The van der Waals surface area contributed by atoms with Crippen molar-refractivity contribution in [3.8, 4) is 22.6 Å². The number of hydrogen-bond acceptors (Lipinski definition) is 4. The molecule has 22 heavy (non-hydrogen) atoms. The fourth-order valence-electron chi connectivity index (χ4n) is 2.42. The lowest BCUT2D eigenvalue weighted by atomic mass is 10.0. The van der Waals surface area contributed by atoms with E-state index >= 15 is 0 Å². The number of nitrogens with zero attached hydrogens (tertiary/aromatic N) is 2. The minimum absolute atomic E-state index is 0.0633. The maximum atomic E-state index is 13.2. The first-order valence-corrected chi connectivity index (χ1v) is 7.42. The molecule has 0 atom stereocenters. The van der Waals surface area contributed by atoms with Gasteiger partial charge in [-0.05, 0) is 24.3 Å². The topological polar surface area (TPSA) is 36.3 Å². The van der Waals surface area contributed by atoms with Gasteiger partial charge in [0.15, 0.2) is 18.0 Å². The van der Waals surface area contributed by atoms with E-state index in [4.69, 9.17) is 21.1 Å². The molecule has 1 aromatic carbocycles. The summed E-state index contributed by atoms with van der Waals surface area (Å²) in [4.78, 5) is 4.19. The van der Waals surface area contributed by atoms with E-state index < -0.39 is 0 Å². The van der Waals surface area contributed by atoms with Crippen molar-refractivity contribution in [1.82, 2.24) is 8.96 Å². The number of rotatable bonds is 4. The molecule has 2 aromatic heterocycles. The molecule has 3 rings (SSSR count). The van der Waals surface area contributed by atoms with Crippen LogP contribution >= 0.6 is 23.9 Å². The summed E-state index contributed by atoms with van der Waals surface area (Å²) in [5.74, 6) is 1.27. The van der Waals surface area contributed by atoms with Crippen LogP contribution in [0, 0.1) is 0 Å². The van der Waals surface area contributed by atoms with Crippen LogP contribution < -0.4 is 9.47 Å². The number of methoxy groups -OCH3 is 2. The van der Waals surface area contributed by atoms with E-state index in [1.165, 1.54) is 3.97 Å². The second-order valence-corrected chi connectivity index (χ2v) is 5.40. The highest BCUT2D eigenvalue weighted by Gasteiger charge is 2.19. The Kier molecular flexibility index (Phi) is 4.13. The smallest absolute Gasteiger partial charge is 0.171 e. The van der Waals surface area contributed by atoms with Gasteiger partial charge in [0.1, 0.15) is 16.7 Å². The largest absolute Gasteiger partial charge is 0.496 e. The molecule has 0 saturated carbocycles. The molecule has 0 unspecified atom stereocenters. The van der Waals surface area contributed by atoms with Crippen molar-refractivity contribution in [1.29, 1.82) is 0 Å². The molecule has 0 aliphatic rings. The highest BCUT2D eigenvalue weighted by Crippen LogP contribution is 2.43. The third kappa shape index (κ3) is 2.38. The summed E-state index contributed by atoms with van der Waals surface area (Å²) in [5.41, 5.74) is 1.95. The Morgan fingerprint density at radius 2 is 1.82 bits per heavy atom. The fourth-order valence-corrected chi connectivity index (χ4v) is 2.91. The van der Waals surface area contributed by atoms with Crippen LogP contribution in [0.2, 0.25) is 5.15 Å². The van der Waals surface area contributed by atoms with Crippen molar-refractivity contribution in [2.45, 2.75) is 0 Å². The summed E-state index contributed by atoms with van der Waals surface area (Å²) in [6.45, 7) is 0. The van der Waals surface area contributed by atoms with Crippen LogP contribution in [0.15, 0.2) is 36.5 Å². The quantitative estimate of drug-likeness (QED) is 0.643. The Bertz CT molecular complexity index is 816. The third-order valence-corrected chi connectivity index (χ3v) is 4.00. The van der Waals surface area contributed by atoms with Crippen molar-refractivity contribution >= 4 is 35.0 Å². The number of benzene rings is 1. The van der Waals surface area contributed by atoms with E-state index in [-0.39, 0.29) is 12.3 Å². The molecule has 7 heteroatoms. The van der Waals surface area contributed by atoms with Gasteiger partial charge in [0.05, 0.1) is 19.8 Å². The molecule has 0 fully saturated rings. The Hall–Kier alpha value is -1.92. The molecule has 0 radical (unpaired) electrons. The highest BCUT2D eigenvalue weighted by atomic mass is 35.5. The van der Waals surface area contributed by atoms with E-state index in [0.717, 1.165) is 16.5 Å². The zero-order valence-corrected chi connectivity index (χ0v) is 13.4. The molecule has 0 saturated heterocycles. The van der Waals surface area contributed by atoms with Crippen molar-refractivity contribution in [2.75, 3.05) is 14.2 Å². The van der Waals surface area contributed by atoms with Crippen LogP contribution in [0.4, 0.5) is 3.89 Å². The van der Waals surface area contributed by atoms with E-state index in [2.05, 4.69) is 4.98 Å². The van der Waals surface area contributed by atoms with Crippen LogP contribution in [-0.4, -0.2) is 23.2 Å². The Balaban J connectivity index is 2.36. The number of halogens is 2. The van der Waals surface area contributed by atoms with Crippen LogP contribution in [0.25, 0.3) is 22.2 Å². The first-order chi connectivity index (χ1) is 10.7. The molecule has 2 heterocycles. The first kappa shape index (κ1) is 15.0. The molecule has 0 aliphatic carbocycles. The molecule has 0 aliphatic heterocycles. The lowest BCUT2D eigenvalue weighted by molar-refractivity contribution is 0.397. The molecule has 3 aromatic rings. The summed E-state index contributed by atoms with van der Waals surface area (Å²) in [6, 6.07) is 8.96. The molecular formula is C15H12ClFN2O2S. The summed E-state index contributed by atoms with van der Waals surface area (Å²) in [5, 5.41) is 1.07. The summed E-state index contributed by atoms with van der Waals surface area (Å²) < 4.78 is 25.4. The Labute approximate surface area is 136 Å². The average Bonchev–Trinajstić information content (AvgIpc) is 2.91. The van der Waals surface area contributed by atoms with Crippen molar-refractivity contribution in [3.05, 3.63) is 41.7 Å². The third-order valence-electron chi connectivity index (χ3n) is 3.36. The molecular weight excluding hydrogens is 327 g/mol. The van der Waals surface area contributed by atoms with Gasteiger partial charge in [0, 0.05) is 17.1 Å². The maximum absolute atomic E-state index is 13.2. The number of pyridine rings is 1. The molecule has 0 bridgehead atoms. The number of ether oxygens (including phenoxy) is 2. The lowest BCUT2D eigenvalue weighted by Crippen LogP contribution is -1.92. The zero-order valence-electron chi connectivity index (χ0n) is 11.8. The van der Waals surface area contributed by atoms with Gasteiger partial charge < -0.3 is 9.47 Å². The molecule has 114 valence electrons. The van der Waals surface area contributed by atoms with Gasteiger partial charge in [0.2, 0.25) is 0 Å². The van der Waals surface area contributed by atoms with Crippen LogP contribution in [0.5, 0.6) is 11.5 Å². The predicted octanol–water partition coefficient (Wildman–Crippen LogP) is 4.75. The van der Waals surface area contributed by atoms with Crippen molar-refractivity contribution < 1.29 is 13.4 Å². The number of aromatic nitrogens is 2. The van der Waals surface area contributed by atoms with Gasteiger partial charge >= 0.3 is 0 Å². The van der Waals surface area contributed by atoms with Gasteiger partial charge in [-0.1, -0.05) is 17.7 Å². The number of hydrogen-bond donors (Lipinski definition) is 0. The van der Waals surface area contributed by atoms with Gasteiger partial charge in [-0.2, -0.15) is 0 Å².